The van der Waals surface area contributed by atoms with E-state index in [0.29, 0.717) is 5.69 Å². The molecule has 2 aromatic rings. The molecular formula is C11H9FN4OS. The smallest absolute Gasteiger partial charge is 0.166 e. The molecule has 1 heterocycles. The van der Waals surface area contributed by atoms with Crippen molar-refractivity contribution < 1.29 is 9.13 Å². The molecule has 0 atom stereocenters. The fraction of sp³-hybridized carbons (Fsp3) is 0.182. The summed E-state index contributed by atoms with van der Waals surface area (Å²) in [5, 5.41) is 16.2. The Morgan fingerprint density at radius 2 is 2.39 bits per heavy atom. The number of ether oxygens (including phenoxy) is 1. The molecule has 0 aliphatic heterocycles. The van der Waals surface area contributed by atoms with Crippen LogP contribution in [0.25, 0.3) is 0 Å². The number of benzene rings is 1. The van der Waals surface area contributed by atoms with Crippen molar-refractivity contribution in [2.24, 2.45) is 0 Å². The van der Waals surface area contributed by atoms with Crippen molar-refractivity contribution in [3.8, 4) is 11.8 Å². The lowest BCUT2D eigenvalue weighted by Crippen LogP contribution is -2.01. The highest BCUT2D eigenvalue weighted by atomic mass is 32.1. The monoisotopic (exact) mass is 264 g/mol. The molecule has 0 amide bonds. The number of halogens is 1. The summed E-state index contributed by atoms with van der Waals surface area (Å²) in [5.74, 6) is -0.479. The minimum absolute atomic E-state index is 0.0871. The number of nitrogens with zero attached hydrogens (tertiary/aromatic N) is 3. The molecule has 7 heteroatoms. The summed E-state index contributed by atoms with van der Waals surface area (Å²) < 4.78 is 22.6. The molecule has 1 N–H and O–H groups in total. The SMILES string of the molecule is CNc1snnc1COc1ccc(C#N)cc1F. The minimum Gasteiger partial charge on any atom is -0.484 e. The maximum atomic E-state index is 13.5. The Balaban J connectivity index is 2.09. The zero-order valence-electron chi connectivity index (χ0n) is 9.48. The third-order valence-electron chi connectivity index (χ3n) is 2.21. The number of anilines is 1. The number of aromatic nitrogens is 2. The number of hydrogen-bond acceptors (Lipinski definition) is 6. The van der Waals surface area contributed by atoms with Gasteiger partial charge in [0.2, 0.25) is 0 Å². The number of nitrogens with one attached hydrogen (secondary N) is 1. The van der Waals surface area contributed by atoms with Crippen molar-refractivity contribution in [3.63, 3.8) is 0 Å². The lowest BCUT2D eigenvalue weighted by molar-refractivity contribution is 0.286. The molecule has 0 radical (unpaired) electrons. The summed E-state index contributed by atoms with van der Waals surface area (Å²) in [6.07, 6.45) is 0. The van der Waals surface area contributed by atoms with E-state index in [4.69, 9.17) is 10.00 Å². The lowest BCUT2D eigenvalue weighted by Gasteiger charge is -2.06. The average Bonchev–Trinajstić information content (AvgIpc) is 2.84. The van der Waals surface area contributed by atoms with Gasteiger partial charge in [-0.25, -0.2) is 4.39 Å². The van der Waals surface area contributed by atoms with Crippen LogP contribution in [0, 0.1) is 17.1 Å². The van der Waals surface area contributed by atoms with Gasteiger partial charge in [-0.2, -0.15) is 5.26 Å². The van der Waals surface area contributed by atoms with Crippen LogP contribution in [-0.4, -0.2) is 16.6 Å². The van der Waals surface area contributed by atoms with Gasteiger partial charge >= 0.3 is 0 Å². The van der Waals surface area contributed by atoms with E-state index in [9.17, 15) is 4.39 Å². The first-order valence-electron chi connectivity index (χ1n) is 5.06. The quantitative estimate of drug-likeness (QED) is 0.916. The molecule has 92 valence electrons. The first-order chi connectivity index (χ1) is 8.74. The molecule has 1 aromatic heterocycles. The van der Waals surface area contributed by atoms with Crippen molar-refractivity contribution in [1.29, 1.82) is 5.26 Å². The van der Waals surface area contributed by atoms with Crippen molar-refractivity contribution in [2.45, 2.75) is 6.61 Å². The van der Waals surface area contributed by atoms with E-state index in [2.05, 4.69) is 14.9 Å². The average molecular weight is 264 g/mol. The third-order valence-corrected chi connectivity index (χ3v) is 2.99. The van der Waals surface area contributed by atoms with E-state index in [-0.39, 0.29) is 17.9 Å². The third kappa shape index (κ3) is 2.55. The molecule has 0 aliphatic rings. The summed E-state index contributed by atoms with van der Waals surface area (Å²) in [6, 6.07) is 5.91. The maximum Gasteiger partial charge on any atom is 0.166 e. The van der Waals surface area contributed by atoms with E-state index >= 15 is 0 Å². The number of rotatable bonds is 4. The Morgan fingerprint density at radius 3 is 3.06 bits per heavy atom. The zero-order valence-corrected chi connectivity index (χ0v) is 10.3. The van der Waals surface area contributed by atoms with Crippen LogP contribution >= 0.6 is 11.5 Å². The van der Waals surface area contributed by atoms with Crippen molar-refractivity contribution >= 4 is 16.5 Å². The van der Waals surface area contributed by atoms with Gasteiger partial charge in [-0.15, -0.1) is 5.10 Å². The first kappa shape index (κ1) is 12.3. The normalized spacial score (nSPS) is 9.83. The highest BCUT2D eigenvalue weighted by molar-refractivity contribution is 7.10. The molecule has 0 saturated carbocycles. The van der Waals surface area contributed by atoms with Crippen LogP contribution in [0.15, 0.2) is 18.2 Å². The Morgan fingerprint density at radius 1 is 1.56 bits per heavy atom. The predicted molar refractivity (Wildman–Crippen MR) is 64.9 cm³/mol. The summed E-state index contributed by atoms with van der Waals surface area (Å²) in [4.78, 5) is 0. The molecule has 2 rings (SSSR count). The second-order valence-corrected chi connectivity index (χ2v) is 4.10. The molecule has 0 saturated heterocycles. The summed E-state index contributed by atoms with van der Waals surface area (Å²) >= 11 is 1.21. The topological polar surface area (TPSA) is 70.8 Å². The summed E-state index contributed by atoms with van der Waals surface area (Å²) in [6.45, 7) is 0.121. The van der Waals surface area contributed by atoms with E-state index in [1.807, 2.05) is 6.07 Å². The Kier molecular flexibility index (Phi) is 3.69. The second kappa shape index (κ2) is 5.42. The molecule has 1 aromatic carbocycles. The number of hydrogen-bond donors (Lipinski definition) is 1. The van der Waals surface area contributed by atoms with E-state index in [0.717, 1.165) is 11.1 Å². The fourth-order valence-corrected chi connectivity index (χ4v) is 1.84. The minimum atomic E-state index is -0.566. The molecule has 0 bridgehead atoms. The molecule has 0 unspecified atom stereocenters. The predicted octanol–water partition coefficient (Wildman–Crippen LogP) is 2.17. The van der Waals surface area contributed by atoms with Crippen LogP contribution in [0.4, 0.5) is 9.39 Å². The van der Waals surface area contributed by atoms with Crippen LogP contribution in [0.1, 0.15) is 11.3 Å². The molecule has 5 nitrogen and oxygen atoms in total. The molecule has 0 spiro atoms. The van der Waals surface area contributed by atoms with Gasteiger partial charge < -0.3 is 10.1 Å². The van der Waals surface area contributed by atoms with E-state index < -0.39 is 5.82 Å². The van der Waals surface area contributed by atoms with Crippen LogP contribution in [0.5, 0.6) is 5.75 Å². The van der Waals surface area contributed by atoms with Gasteiger partial charge in [0.15, 0.2) is 11.6 Å². The summed E-state index contributed by atoms with van der Waals surface area (Å²) in [7, 11) is 1.75. The molecule has 0 aliphatic carbocycles. The maximum absolute atomic E-state index is 13.5. The highest BCUT2D eigenvalue weighted by Crippen LogP contribution is 2.22. The summed E-state index contributed by atoms with van der Waals surface area (Å²) in [5.41, 5.74) is 0.873. The molecule has 0 fully saturated rings. The van der Waals surface area contributed by atoms with E-state index in [1.165, 1.54) is 23.7 Å². The Labute approximate surface area is 107 Å². The van der Waals surface area contributed by atoms with Gasteiger partial charge in [0.05, 0.1) is 11.6 Å². The lowest BCUT2D eigenvalue weighted by atomic mass is 10.2. The van der Waals surface area contributed by atoms with Crippen LogP contribution < -0.4 is 10.1 Å². The van der Waals surface area contributed by atoms with E-state index in [1.54, 1.807) is 7.05 Å². The molecular weight excluding hydrogens is 255 g/mol. The van der Waals surface area contributed by atoms with Gasteiger partial charge in [0, 0.05) is 18.6 Å². The highest BCUT2D eigenvalue weighted by Gasteiger charge is 2.09. The molecule has 18 heavy (non-hydrogen) atoms. The Hall–Kier alpha value is -2.20. The van der Waals surface area contributed by atoms with Crippen LogP contribution in [0.2, 0.25) is 0 Å². The van der Waals surface area contributed by atoms with Gasteiger partial charge in [-0.05, 0) is 18.2 Å². The van der Waals surface area contributed by atoms with Crippen LogP contribution in [0.3, 0.4) is 0 Å². The van der Waals surface area contributed by atoms with Gasteiger partial charge in [0.1, 0.15) is 17.3 Å². The van der Waals surface area contributed by atoms with Crippen molar-refractivity contribution in [3.05, 3.63) is 35.3 Å². The standard InChI is InChI=1S/C11H9FN4OS/c1-14-11-9(15-16-18-11)6-17-10-3-2-7(5-13)4-8(10)12/h2-4,14H,6H2,1H3. The van der Waals surface area contributed by atoms with Gasteiger partial charge in [-0.1, -0.05) is 4.49 Å². The van der Waals surface area contributed by atoms with Crippen LogP contribution in [-0.2, 0) is 6.61 Å². The van der Waals surface area contributed by atoms with Gasteiger partial charge in [-0.3, -0.25) is 0 Å². The Bertz CT molecular complexity index is 593. The fourth-order valence-electron chi connectivity index (χ4n) is 1.33. The zero-order chi connectivity index (χ0) is 13.0. The number of nitriles is 1. The van der Waals surface area contributed by atoms with Crippen molar-refractivity contribution in [1.82, 2.24) is 9.59 Å². The second-order valence-electron chi connectivity index (χ2n) is 3.34. The van der Waals surface area contributed by atoms with Crippen molar-refractivity contribution in [2.75, 3.05) is 12.4 Å². The largest absolute Gasteiger partial charge is 0.484 e. The first-order valence-corrected chi connectivity index (χ1v) is 5.83. The van der Waals surface area contributed by atoms with Gasteiger partial charge in [0.25, 0.3) is 0 Å².